The molecule has 0 radical (unpaired) electrons. The first-order chi connectivity index (χ1) is 36.6. The summed E-state index contributed by atoms with van der Waals surface area (Å²) in [4.78, 5) is 105. The summed E-state index contributed by atoms with van der Waals surface area (Å²) in [7, 11) is 0. The zero-order valence-corrected chi connectivity index (χ0v) is 42.5. The Morgan fingerprint density at radius 2 is 1.20 bits per heavy atom. The Morgan fingerprint density at radius 1 is 0.658 bits per heavy atom. The van der Waals surface area contributed by atoms with Gasteiger partial charge in [-0.2, -0.15) is 0 Å². The summed E-state index contributed by atoms with van der Waals surface area (Å²) in [5.74, 6) is -5.44. The average Bonchev–Trinajstić information content (AvgIpc) is 3.82. The SMILES string of the molecule is C[C@@H](O)[C@@H](CO)NC(=O)[C@@H]1C/C=C\C[C@H](NC(=O)[C@H](N)Cc2ccccc2)C(=O)N[C@@H](Cc2ccccc2)C(=O)N[C@H](Cc2c[nH]c3ccccc23)C(=O)N[C@@H](CCCCN)C(=O)N[C@H](Cc2ccc(O)cc2)C(=O)N1. The van der Waals surface area contributed by atoms with Gasteiger partial charge in [-0.1, -0.05) is 103 Å². The molecule has 9 atom stereocenters. The van der Waals surface area contributed by atoms with E-state index in [2.05, 4.69) is 42.2 Å². The van der Waals surface area contributed by atoms with E-state index < -0.39 is 102 Å². The average molecular weight is 1040 g/mol. The first-order valence-corrected chi connectivity index (χ1v) is 25.5. The van der Waals surface area contributed by atoms with Crippen molar-refractivity contribution < 1.29 is 48.9 Å². The minimum atomic E-state index is -1.41. The van der Waals surface area contributed by atoms with Crippen LogP contribution in [-0.2, 0) is 59.2 Å². The van der Waals surface area contributed by atoms with Crippen LogP contribution >= 0.6 is 0 Å². The molecule has 76 heavy (non-hydrogen) atoms. The molecule has 0 spiro atoms. The molecule has 15 N–H and O–H groups in total. The summed E-state index contributed by atoms with van der Waals surface area (Å²) in [6.45, 7) is 0.992. The van der Waals surface area contributed by atoms with Gasteiger partial charge in [-0.3, -0.25) is 33.6 Å². The Morgan fingerprint density at radius 3 is 1.83 bits per heavy atom. The molecule has 1 aliphatic heterocycles. The summed E-state index contributed by atoms with van der Waals surface area (Å²) in [5.41, 5.74) is 15.6. The lowest BCUT2D eigenvalue weighted by Crippen LogP contribution is -2.61. The minimum Gasteiger partial charge on any atom is -0.508 e. The molecular formula is C56H70N10O10. The highest BCUT2D eigenvalue weighted by atomic mass is 16.3. The van der Waals surface area contributed by atoms with E-state index in [1.54, 1.807) is 60.8 Å². The number of amides is 7. The van der Waals surface area contributed by atoms with E-state index in [-0.39, 0.29) is 57.2 Å². The van der Waals surface area contributed by atoms with Crippen molar-refractivity contribution in [1.82, 2.24) is 42.2 Å². The Labute approximate surface area is 441 Å². The Kier molecular flexibility index (Phi) is 21.6. The maximum Gasteiger partial charge on any atom is 0.243 e. The third-order valence-electron chi connectivity index (χ3n) is 13.2. The lowest BCUT2D eigenvalue weighted by Gasteiger charge is -2.28. The number of nitrogens with one attached hydrogen (secondary N) is 8. The third-order valence-corrected chi connectivity index (χ3v) is 13.2. The predicted molar refractivity (Wildman–Crippen MR) is 286 cm³/mol. The second kappa shape index (κ2) is 28.7. The number of H-pyrrole nitrogens is 1. The number of aromatic amines is 1. The van der Waals surface area contributed by atoms with Crippen LogP contribution in [0.1, 0.15) is 61.3 Å². The molecule has 5 aromatic rings. The van der Waals surface area contributed by atoms with E-state index in [0.717, 1.165) is 16.5 Å². The van der Waals surface area contributed by atoms with Gasteiger partial charge >= 0.3 is 0 Å². The van der Waals surface area contributed by atoms with Crippen LogP contribution in [0.2, 0.25) is 0 Å². The lowest BCUT2D eigenvalue weighted by molar-refractivity contribution is -0.135. The number of carbonyl (C=O) groups is 7. The molecule has 0 unspecified atom stereocenters. The fraction of sp³-hybridized carbons (Fsp3) is 0.375. The normalized spacial score (nSPS) is 21.8. The molecule has 1 aromatic heterocycles. The minimum absolute atomic E-state index is 0.0474. The molecule has 7 amide bonds. The fourth-order valence-electron chi connectivity index (χ4n) is 8.76. The highest BCUT2D eigenvalue weighted by Crippen LogP contribution is 2.20. The number of carbonyl (C=O) groups excluding carboxylic acids is 7. The fourth-order valence-corrected chi connectivity index (χ4v) is 8.76. The van der Waals surface area contributed by atoms with Crippen LogP contribution in [0.3, 0.4) is 0 Å². The van der Waals surface area contributed by atoms with E-state index in [0.29, 0.717) is 29.5 Å². The molecule has 0 saturated carbocycles. The van der Waals surface area contributed by atoms with Crippen molar-refractivity contribution in [3.8, 4) is 5.75 Å². The van der Waals surface area contributed by atoms with E-state index in [1.807, 2.05) is 42.5 Å². The number of para-hydroxylation sites is 1. The van der Waals surface area contributed by atoms with Gasteiger partial charge in [0, 0.05) is 36.4 Å². The Balaban J connectivity index is 1.43. The van der Waals surface area contributed by atoms with Gasteiger partial charge in [0.05, 0.1) is 24.8 Å². The van der Waals surface area contributed by atoms with E-state index in [9.17, 15) is 48.9 Å². The summed E-state index contributed by atoms with van der Waals surface area (Å²) in [6.07, 6.45) is 3.83. The topological polar surface area (TPSA) is 332 Å². The van der Waals surface area contributed by atoms with Crippen molar-refractivity contribution in [3.63, 3.8) is 0 Å². The number of hydrogen-bond acceptors (Lipinski definition) is 12. The molecule has 0 bridgehead atoms. The molecule has 20 nitrogen and oxygen atoms in total. The van der Waals surface area contributed by atoms with Crippen LogP contribution in [-0.4, -0.2) is 129 Å². The maximum absolute atomic E-state index is 14.9. The van der Waals surface area contributed by atoms with Crippen LogP contribution in [0, 0.1) is 0 Å². The largest absolute Gasteiger partial charge is 0.508 e. The highest BCUT2D eigenvalue weighted by Gasteiger charge is 2.35. The van der Waals surface area contributed by atoms with E-state index >= 15 is 0 Å². The number of aliphatic hydroxyl groups is 2. The molecule has 4 aromatic carbocycles. The van der Waals surface area contributed by atoms with Gasteiger partial charge in [-0.15, -0.1) is 0 Å². The number of phenolic OH excluding ortho intramolecular Hbond substituents is 1. The van der Waals surface area contributed by atoms with Crippen molar-refractivity contribution in [3.05, 3.63) is 150 Å². The molecule has 1 aliphatic rings. The number of hydrogen-bond donors (Lipinski definition) is 13. The van der Waals surface area contributed by atoms with Crippen molar-refractivity contribution in [2.24, 2.45) is 11.5 Å². The quantitative estimate of drug-likeness (QED) is 0.0427. The molecule has 2 heterocycles. The van der Waals surface area contributed by atoms with Crippen molar-refractivity contribution in [1.29, 1.82) is 0 Å². The summed E-state index contributed by atoms with van der Waals surface area (Å²) < 4.78 is 0. The molecule has 404 valence electrons. The number of fused-ring (bicyclic) bond motifs is 1. The number of aliphatic hydroxyl groups excluding tert-OH is 2. The number of aromatic hydroxyl groups is 1. The highest BCUT2D eigenvalue weighted by molar-refractivity contribution is 5.98. The molecule has 0 saturated heterocycles. The smallest absolute Gasteiger partial charge is 0.243 e. The van der Waals surface area contributed by atoms with E-state index in [1.165, 1.54) is 31.2 Å². The van der Waals surface area contributed by atoms with Crippen LogP contribution in [0.25, 0.3) is 10.9 Å². The Bertz CT molecular complexity index is 2750. The molecule has 0 aliphatic carbocycles. The van der Waals surface area contributed by atoms with Gasteiger partial charge in [-0.05, 0) is 92.4 Å². The van der Waals surface area contributed by atoms with Crippen LogP contribution in [0.15, 0.2) is 128 Å². The number of nitrogens with two attached hydrogens (primary N) is 2. The standard InChI is InChI=1S/C56H70N10O10/c1-34(68)49(33-67)66-53(73)44-21-11-10-20-43(60-50(70)41(58)28-35-14-4-2-5-15-35)51(71)63-46(29-36-16-6-3-7-17-36)55(75)65-48(31-38-32-59-42-19-9-8-18-40(38)42)56(76)62-45(22-12-13-27-57)52(72)64-47(54(74)61-44)30-37-23-25-39(69)26-24-37/h2-11,14-19,23-26,32,34,41,43-49,59,67-69H,12-13,20-22,27-31,33,57-58H2,1H3,(H,60,70)(H,61,74)(H,62,76)(H,63,71)(H,64,72)(H,65,75)(H,66,73)/b11-10-/t34-,41-,43+,44+,45+,46+,47-,48-,49-/m1/s1. The summed E-state index contributed by atoms with van der Waals surface area (Å²) in [6, 6.07) is 20.8. The third kappa shape index (κ3) is 17.1. The van der Waals surface area contributed by atoms with Gasteiger partial charge < -0.3 is 69.0 Å². The van der Waals surface area contributed by atoms with Gasteiger partial charge in [-0.25, -0.2) is 0 Å². The number of benzene rings is 4. The van der Waals surface area contributed by atoms with Gasteiger partial charge in [0.2, 0.25) is 41.4 Å². The summed E-state index contributed by atoms with van der Waals surface area (Å²) in [5, 5.41) is 50.5. The first kappa shape index (κ1) is 57.4. The molecular weight excluding hydrogens is 973 g/mol. The van der Waals surface area contributed by atoms with Crippen molar-refractivity contribution >= 4 is 52.3 Å². The van der Waals surface area contributed by atoms with Crippen molar-refractivity contribution in [2.75, 3.05) is 13.2 Å². The first-order valence-electron chi connectivity index (χ1n) is 25.5. The zero-order valence-electron chi connectivity index (χ0n) is 42.5. The molecule has 0 fully saturated rings. The second-order valence-corrected chi connectivity index (χ2v) is 19.1. The molecule has 6 rings (SSSR count). The Hall–Kier alpha value is -7.91. The van der Waals surface area contributed by atoms with Crippen LogP contribution in [0.5, 0.6) is 5.75 Å². The number of rotatable bonds is 18. The van der Waals surface area contributed by atoms with Gasteiger partial charge in [0.25, 0.3) is 0 Å². The monoisotopic (exact) mass is 1040 g/mol. The summed E-state index contributed by atoms with van der Waals surface area (Å²) >= 11 is 0. The number of unbranched alkanes of at least 4 members (excludes halogenated alkanes) is 1. The second-order valence-electron chi connectivity index (χ2n) is 19.1. The molecule has 20 heteroatoms. The zero-order chi connectivity index (χ0) is 54.6. The maximum atomic E-state index is 14.9. The van der Waals surface area contributed by atoms with Crippen molar-refractivity contribution in [2.45, 2.75) is 119 Å². The van der Waals surface area contributed by atoms with Crippen LogP contribution < -0.4 is 48.7 Å². The number of phenols is 1. The van der Waals surface area contributed by atoms with Gasteiger partial charge in [0.15, 0.2) is 0 Å². The van der Waals surface area contributed by atoms with Crippen LogP contribution in [0.4, 0.5) is 0 Å². The van der Waals surface area contributed by atoms with Gasteiger partial charge in [0.1, 0.15) is 42.0 Å². The number of aromatic nitrogens is 1. The lowest BCUT2D eigenvalue weighted by atomic mass is 10.00. The van der Waals surface area contributed by atoms with E-state index in [4.69, 9.17) is 11.5 Å². The predicted octanol–water partition coefficient (Wildman–Crippen LogP) is 0.717.